The van der Waals surface area contributed by atoms with Crippen LogP contribution in [0.25, 0.3) is 0 Å². The number of benzene rings is 1. The minimum absolute atomic E-state index is 0.197. The van der Waals surface area contributed by atoms with E-state index in [9.17, 15) is 14.5 Å². The van der Waals surface area contributed by atoms with Gasteiger partial charge >= 0.3 is 0 Å². The molecule has 0 aromatic heterocycles. The number of piperidine rings is 1. The highest BCUT2D eigenvalue weighted by Crippen LogP contribution is 2.25. The third-order valence-electron chi connectivity index (χ3n) is 5.21. The second kappa shape index (κ2) is 7.48. The van der Waals surface area contributed by atoms with E-state index < -0.39 is 10.7 Å². The van der Waals surface area contributed by atoms with Crippen molar-refractivity contribution in [3.63, 3.8) is 0 Å². The first-order chi connectivity index (χ1) is 11.5. The lowest BCUT2D eigenvalue weighted by atomic mass is 9.94. The summed E-state index contributed by atoms with van der Waals surface area (Å²) < 4.78 is 14.1. The van der Waals surface area contributed by atoms with Gasteiger partial charge in [-0.25, -0.2) is 4.39 Å². The van der Waals surface area contributed by atoms with Gasteiger partial charge in [-0.3, -0.25) is 15.0 Å². The predicted molar refractivity (Wildman–Crippen MR) is 94.5 cm³/mol. The molecular weight excluding hydrogens is 310 g/mol. The van der Waals surface area contributed by atoms with Crippen LogP contribution in [0.3, 0.4) is 0 Å². The number of non-ortho nitro benzene ring substituents is 1. The highest BCUT2D eigenvalue weighted by Gasteiger charge is 2.24. The van der Waals surface area contributed by atoms with Crippen LogP contribution in [0.4, 0.5) is 15.8 Å². The van der Waals surface area contributed by atoms with E-state index in [1.54, 1.807) is 0 Å². The summed E-state index contributed by atoms with van der Waals surface area (Å²) in [6, 6.07) is 3.92. The number of nitro benzene ring substituents is 1. The van der Waals surface area contributed by atoms with Crippen LogP contribution in [0.15, 0.2) is 18.2 Å². The molecule has 2 saturated heterocycles. The largest absolute Gasteiger partial charge is 0.367 e. The number of hydrogen-bond donors (Lipinski definition) is 0. The summed E-state index contributed by atoms with van der Waals surface area (Å²) in [6.07, 6.45) is 2.52. The topological polar surface area (TPSA) is 52.9 Å². The van der Waals surface area contributed by atoms with Gasteiger partial charge in [-0.15, -0.1) is 0 Å². The van der Waals surface area contributed by atoms with Crippen LogP contribution in [0, 0.1) is 21.8 Å². The third kappa shape index (κ3) is 4.05. The van der Waals surface area contributed by atoms with Crippen molar-refractivity contribution in [3.8, 4) is 0 Å². The molecular formula is C16H24BFN4O2. The Morgan fingerprint density at radius 2 is 1.83 bits per heavy atom. The molecule has 0 aliphatic carbocycles. The van der Waals surface area contributed by atoms with E-state index in [1.807, 2.05) is 4.90 Å². The van der Waals surface area contributed by atoms with Crippen LogP contribution in [0.1, 0.15) is 12.8 Å². The first-order valence-electron chi connectivity index (χ1n) is 8.62. The summed E-state index contributed by atoms with van der Waals surface area (Å²) in [5, 5.41) is 10.7. The fraction of sp³-hybridized carbons (Fsp3) is 0.625. The Kier molecular flexibility index (Phi) is 5.35. The van der Waals surface area contributed by atoms with Crippen molar-refractivity contribution in [3.05, 3.63) is 34.1 Å². The number of hydrogen-bond acceptors (Lipinski definition) is 5. The van der Waals surface area contributed by atoms with Crippen LogP contribution in [0.5, 0.6) is 0 Å². The quantitative estimate of drug-likeness (QED) is 0.469. The lowest BCUT2D eigenvalue weighted by Crippen LogP contribution is -2.49. The Hall–Kier alpha value is -1.67. The molecule has 1 aromatic carbocycles. The Bertz CT molecular complexity index is 587. The summed E-state index contributed by atoms with van der Waals surface area (Å²) in [6.45, 7) is 6.86. The highest BCUT2D eigenvalue weighted by molar-refractivity contribution is 6.04. The smallest absolute Gasteiger partial charge is 0.272 e. The van der Waals surface area contributed by atoms with Crippen molar-refractivity contribution in [2.24, 2.45) is 5.92 Å². The number of rotatable bonds is 4. The van der Waals surface area contributed by atoms with Gasteiger partial charge in [0.25, 0.3) is 5.69 Å². The van der Waals surface area contributed by atoms with Crippen molar-refractivity contribution < 1.29 is 9.31 Å². The zero-order valence-corrected chi connectivity index (χ0v) is 14.2. The summed E-state index contributed by atoms with van der Waals surface area (Å²) in [7, 11) is 2.17. The Morgan fingerprint density at radius 1 is 1.17 bits per heavy atom. The average molecular weight is 334 g/mol. The molecule has 2 aliphatic heterocycles. The lowest BCUT2D eigenvalue weighted by molar-refractivity contribution is -0.385. The van der Waals surface area contributed by atoms with E-state index in [0.717, 1.165) is 44.7 Å². The summed E-state index contributed by atoms with van der Waals surface area (Å²) in [4.78, 5) is 17.0. The van der Waals surface area contributed by atoms with Gasteiger partial charge in [0.15, 0.2) is 13.8 Å². The van der Waals surface area contributed by atoms with E-state index in [4.69, 9.17) is 0 Å². The van der Waals surface area contributed by atoms with Gasteiger partial charge in [0.1, 0.15) is 0 Å². The molecule has 2 aliphatic rings. The molecule has 0 radical (unpaired) electrons. The standard InChI is InChI=1S/C16H24BFN4O2/c17-21-5-3-13(4-6-21)12-19-7-9-20(10-8-19)16-2-1-14(22(23)24)11-15(16)18/h1-2,11,13H,3-10,12,17H2. The molecule has 2 fully saturated rings. The molecule has 0 amide bonds. The molecule has 0 bridgehead atoms. The zero-order chi connectivity index (χ0) is 17.1. The Balaban J connectivity index is 1.52. The molecule has 0 spiro atoms. The number of halogens is 1. The van der Waals surface area contributed by atoms with Gasteiger partial charge in [0.05, 0.1) is 16.7 Å². The molecule has 8 heteroatoms. The van der Waals surface area contributed by atoms with E-state index in [2.05, 4.69) is 17.7 Å². The lowest BCUT2D eigenvalue weighted by Gasteiger charge is -2.39. The fourth-order valence-electron chi connectivity index (χ4n) is 3.65. The predicted octanol–water partition coefficient (Wildman–Crippen LogP) is 1.12. The van der Waals surface area contributed by atoms with Crippen molar-refractivity contribution in [2.45, 2.75) is 12.8 Å². The van der Waals surface area contributed by atoms with Crippen molar-refractivity contribution in [2.75, 3.05) is 50.7 Å². The second-order valence-electron chi connectivity index (χ2n) is 6.93. The van der Waals surface area contributed by atoms with Crippen LogP contribution < -0.4 is 4.90 Å². The monoisotopic (exact) mass is 334 g/mol. The highest BCUT2D eigenvalue weighted by atomic mass is 19.1. The molecule has 130 valence electrons. The van der Waals surface area contributed by atoms with E-state index in [0.29, 0.717) is 5.69 Å². The van der Waals surface area contributed by atoms with Crippen molar-refractivity contribution >= 4 is 19.4 Å². The Morgan fingerprint density at radius 3 is 2.42 bits per heavy atom. The van der Waals surface area contributed by atoms with Gasteiger partial charge in [-0.05, 0) is 37.9 Å². The Labute approximate surface area is 142 Å². The number of piperazine rings is 1. The van der Waals surface area contributed by atoms with Crippen LogP contribution in [0.2, 0.25) is 0 Å². The normalized spacial score (nSPS) is 21.1. The van der Waals surface area contributed by atoms with Gasteiger partial charge in [-0.1, -0.05) is 0 Å². The molecule has 0 atom stereocenters. The van der Waals surface area contributed by atoms with Gasteiger partial charge in [-0.2, -0.15) is 0 Å². The zero-order valence-electron chi connectivity index (χ0n) is 14.2. The van der Waals surface area contributed by atoms with Gasteiger partial charge < -0.3 is 9.71 Å². The summed E-state index contributed by atoms with van der Waals surface area (Å²) in [5.41, 5.74) is 0.275. The molecule has 3 rings (SSSR count). The maximum atomic E-state index is 14.1. The number of nitro groups is 1. The molecule has 0 N–H and O–H groups in total. The second-order valence-corrected chi connectivity index (χ2v) is 6.93. The SMILES string of the molecule is BN1CCC(CN2CCN(c3ccc([N+](=O)[O-])cc3F)CC2)CC1. The molecule has 24 heavy (non-hydrogen) atoms. The number of nitrogens with zero attached hydrogens (tertiary/aromatic N) is 4. The summed E-state index contributed by atoms with van der Waals surface area (Å²) in [5.74, 6) is 0.261. The molecule has 1 aromatic rings. The molecule has 0 saturated carbocycles. The van der Waals surface area contributed by atoms with Crippen molar-refractivity contribution in [1.82, 2.24) is 9.71 Å². The van der Waals surface area contributed by atoms with Crippen LogP contribution in [-0.4, -0.2) is 68.4 Å². The van der Waals surface area contributed by atoms with Crippen LogP contribution >= 0.6 is 0 Å². The number of anilines is 1. The van der Waals surface area contributed by atoms with E-state index >= 15 is 0 Å². The molecule has 6 nitrogen and oxygen atoms in total. The first-order valence-corrected chi connectivity index (χ1v) is 8.62. The minimum Gasteiger partial charge on any atom is -0.367 e. The average Bonchev–Trinajstić information content (AvgIpc) is 2.58. The maximum absolute atomic E-state index is 14.1. The summed E-state index contributed by atoms with van der Waals surface area (Å²) >= 11 is 0. The van der Waals surface area contributed by atoms with Gasteiger partial charge in [0.2, 0.25) is 0 Å². The minimum atomic E-state index is -0.563. The third-order valence-corrected chi connectivity index (χ3v) is 5.21. The fourth-order valence-corrected chi connectivity index (χ4v) is 3.65. The molecule has 0 unspecified atom stereocenters. The van der Waals surface area contributed by atoms with Gasteiger partial charge in [0, 0.05) is 38.8 Å². The van der Waals surface area contributed by atoms with E-state index in [1.165, 1.54) is 38.1 Å². The van der Waals surface area contributed by atoms with Crippen LogP contribution in [-0.2, 0) is 0 Å². The molecule has 2 heterocycles. The van der Waals surface area contributed by atoms with E-state index in [-0.39, 0.29) is 5.69 Å². The first kappa shape index (κ1) is 17.2. The van der Waals surface area contributed by atoms with Crippen molar-refractivity contribution in [1.29, 1.82) is 0 Å². The maximum Gasteiger partial charge on any atom is 0.272 e.